The van der Waals surface area contributed by atoms with Gasteiger partial charge in [0, 0.05) is 6.04 Å². The number of pyridine rings is 1. The Morgan fingerprint density at radius 1 is 1.53 bits per heavy atom. The molecule has 5 nitrogen and oxygen atoms in total. The normalized spacial score (nSPS) is 24.3. The highest BCUT2D eigenvalue weighted by atomic mass is 16.6. The van der Waals surface area contributed by atoms with Crippen LogP contribution in [0.25, 0.3) is 0 Å². The molecule has 1 aliphatic rings. The van der Waals surface area contributed by atoms with Gasteiger partial charge in [-0.05, 0) is 40.8 Å². The van der Waals surface area contributed by atoms with Gasteiger partial charge in [-0.1, -0.05) is 19.8 Å². The molecule has 2 atom stereocenters. The van der Waals surface area contributed by atoms with Crippen molar-refractivity contribution in [2.75, 3.05) is 5.32 Å². The fourth-order valence-corrected chi connectivity index (χ4v) is 2.44. The smallest absolute Gasteiger partial charge is 0.375 e. The predicted octanol–water partition coefficient (Wildman–Crippen LogP) is 2.98. The molecule has 1 aromatic rings. The lowest BCUT2D eigenvalue weighted by molar-refractivity contribution is -0.388. The first-order chi connectivity index (χ1) is 8.16. The van der Waals surface area contributed by atoms with Crippen LogP contribution < -0.4 is 5.32 Å². The fourth-order valence-electron chi connectivity index (χ4n) is 2.44. The van der Waals surface area contributed by atoms with Crippen LogP contribution in [0.3, 0.4) is 0 Å². The summed E-state index contributed by atoms with van der Waals surface area (Å²) >= 11 is 0. The van der Waals surface area contributed by atoms with E-state index in [1.54, 1.807) is 12.1 Å². The molecule has 0 aromatic carbocycles. The molecular formula is C12H17N3O2. The van der Waals surface area contributed by atoms with Crippen molar-refractivity contribution in [1.82, 2.24) is 4.98 Å². The number of nitrogens with zero attached hydrogens (tertiary/aromatic N) is 2. The molecule has 0 bridgehead atoms. The first kappa shape index (κ1) is 11.8. The zero-order valence-electron chi connectivity index (χ0n) is 9.93. The predicted molar refractivity (Wildman–Crippen MR) is 65.9 cm³/mol. The van der Waals surface area contributed by atoms with Gasteiger partial charge in [0.05, 0.1) is 0 Å². The van der Waals surface area contributed by atoms with Crippen molar-refractivity contribution in [1.29, 1.82) is 0 Å². The molecule has 1 aliphatic carbocycles. The van der Waals surface area contributed by atoms with E-state index < -0.39 is 4.92 Å². The highest BCUT2D eigenvalue weighted by Gasteiger charge is 2.22. The average molecular weight is 235 g/mol. The molecule has 0 radical (unpaired) electrons. The molecule has 0 amide bonds. The van der Waals surface area contributed by atoms with Crippen LogP contribution in [-0.4, -0.2) is 15.9 Å². The third kappa shape index (κ3) is 2.93. The van der Waals surface area contributed by atoms with Crippen LogP contribution >= 0.6 is 0 Å². The van der Waals surface area contributed by atoms with E-state index >= 15 is 0 Å². The second-order valence-corrected chi connectivity index (χ2v) is 4.74. The van der Waals surface area contributed by atoms with Crippen molar-refractivity contribution < 1.29 is 4.92 Å². The maximum atomic E-state index is 10.8. The number of nitrogens with one attached hydrogen (secondary N) is 1. The van der Waals surface area contributed by atoms with Crippen LogP contribution in [0, 0.1) is 16.0 Å². The lowest BCUT2D eigenvalue weighted by atomic mass is 9.87. The lowest BCUT2D eigenvalue weighted by Crippen LogP contribution is -2.26. The van der Waals surface area contributed by atoms with Crippen molar-refractivity contribution in [2.45, 2.75) is 38.6 Å². The minimum absolute atomic E-state index is 0.0780. The molecule has 2 rings (SSSR count). The molecule has 0 aliphatic heterocycles. The van der Waals surface area contributed by atoms with Crippen LogP contribution in [0.1, 0.15) is 32.6 Å². The van der Waals surface area contributed by atoms with E-state index in [2.05, 4.69) is 17.2 Å². The van der Waals surface area contributed by atoms with Gasteiger partial charge in [0.25, 0.3) is 0 Å². The Labute approximate surface area is 100 Å². The monoisotopic (exact) mass is 235 g/mol. The van der Waals surface area contributed by atoms with E-state index in [-0.39, 0.29) is 5.82 Å². The van der Waals surface area contributed by atoms with Gasteiger partial charge in [-0.25, -0.2) is 0 Å². The van der Waals surface area contributed by atoms with E-state index in [0.29, 0.717) is 17.6 Å². The summed E-state index contributed by atoms with van der Waals surface area (Å²) in [7, 11) is 0. The molecule has 1 saturated carbocycles. The standard InChI is InChI=1S/C12H17N3O2/c1-9-4-2-5-10(8-9)14-11-6-3-7-13-12(11)15(16)17/h3,6-7,9-10,14H,2,4-5,8H2,1H3. The Hall–Kier alpha value is -1.65. The molecule has 0 saturated heterocycles. The van der Waals surface area contributed by atoms with Crippen LogP contribution in [0.15, 0.2) is 18.3 Å². The van der Waals surface area contributed by atoms with Gasteiger partial charge >= 0.3 is 5.82 Å². The zero-order valence-corrected chi connectivity index (χ0v) is 9.93. The first-order valence-electron chi connectivity index (χ1n) is 6.02. The van der Waals surface area contributed by atoms with E-state index in [1.807, 2.05) is 0 Å². The van der Waals surface area contributed by atoms with E-state index in [0.717, 1.165) is 12.8 Å². The fraction of sp³-hybridized carbons (Fsp3) is 0.583. The SMILES string of the molecule is CC1CCCC(Nc2cccnc2[N+](=O)[O-])C1. The summed E-state index contributed by atoms with van der Waals surface area (Å²) < 4.78 is 0. The largest absolute Gasteiger partial charge is 0.386 e. The van der Waals surface area contributed by atoms with Crippen LogP contribution in [0.2, 0.25) is 0 Å². The minimum atomic E-state index is -0.436. The van der Waals surface area contributed by atoms with Crippen molar-refractivity contribution >= 4 is 11.5 Å². The summed E-state index contributed by atoms with van der Waals surface area (Å²) in [6, 6.07) is 3.79. The molecule has 1 heterocycles. The van der Waals surface area contributed by atoms with Gasteiger partial charge in [-0.15, -0.1) is 0 Å². The van der Waals surface area contributed by atoms with E-state index in [9.17, 15) is 10.1 Å². The van der Waals surface area contributed by atoms with Crippen molar-refractivity contribution in [3.05, 3.63) is 28.4 Å². The molecule has 17 heavy (non-hydrogen) atoms. The summed E-state index contributed by atoms with van der Waals surface area (Å²) in [5.74, 6) is 0.614. The Morgan fingerprint density at radius 2 is 2.35 bits per heavy atom. The van der Waals surface area contributed by atoms with E-state index in [4.69, 9.17) is 0 Å². The maximum absolute atomic E-state index is 10.8. The van der Waals surface area contributed by atoms with Crippen LogP contribution in [-0.2, 0) is 0 Å². The van der Waals surface area contributed by atoms with Gasteiger partial charge in [-0.2, -0.15) is 0 Å². The summed E-state index contributed by atoms with van der Waals surface area (Å²) in [5.41, 5.74) is 0.539. The molecular weight excluding hydrogens is 218 g/mol. The van der Waals surface area contributed by atoms with Crippen molar-refractivity contribution in [3.8, 4) is 0 Å². The van der Waals surface area contributed by atoms with Crippen LogP contribution in [0.5, 0.6) is 0 Å². The molecule has 0 spiro atoms. The Balaban J connectivity index is 2.10. The third-order valence-corrected chi connectivity index (χ3v) is 3.26. The lowest BCUT2D eigenvalue weighted by Gasteiger charge is -2.27. The van der Waals surface area contributed by atoms with Gasteiger partial charge in [-0.3, -0.25) is 0 Å². The maximum Gasteiger partial charge on any atom is 0.386 e. The quantitative estimate of drug-likeness (QED) is 0.646. The second-order valence-electron chi connectivity index (χ2n) is 4.74. The summed E-state index contributed by atoms with van der Waals surface area (Å²) in [6.07, 6.45) is 6.05. The summed E-state index contributed by atoms with van der Waals surface area (Å²) in [5, 5.41) is 14.1. The zero-order chi connectivity index (χ0) is 12.3. The van der Waals surface area contributed by atoms with Gasteiger partial charge in [0.1, 0.15) is 11.9 Å². The molecule has 1 aromatic heterocycles. The summed E-state index contributed by atoms with van der Waals surface area (Å²) in [4.78, 5) is 14.2. The van der Waals surface area contributed by atoms with Crippen molar-refractivity contribution in [2.24, 2.45) is 5.92 Å². The van der Waals surface area contributed by atoms with Gasteiger partial charge in [0.15, 0.2) is 0 Å². The van der Waals surface area contributed by atoms with Crippen LogP contribution in [0.4, 0.5) is 11.5 Å². The highest BCUT2D eigenvalue weighted by Crippen LogP contribution is 2.28. The Morgan fingerprint density at radius 3 is 3.06 bits per heavy atom. The number of hydrogen-bond donors (Lipinski definition) is 1. The van der Waals surface area contributed by atoms with Crippen molar-refractivity contribution in [3.63, 3.8) is 0 Å². The Bertz CT molecular complexity index is 408. The minimum Gasteiger partial charge on any atom is -0.375 e. The average Bonchev–Trinajstić information content (AvgIpc) is 2.29. The third-order valence-electron chi connectivity index (χ3n) is 3.26. The topological polar surface area (TPSA) is 68.1 Å². The Kier molecular flexibility index (Phi) is 3.56. The molecule has 1 fully saturated rings. The number of hydrogen-bond acceptors (Lipinski definition) is 4. The number of aromatic nitrogens is 1. The molecule has 92 valence electrons. The molecule has 1 N–H and O–H groups in total. The van der Waals surface area contributed by atoms with E-state index in [1.165, 1.54) is 19.0 Å². The van der Waals surface area contributed by atoms with Gasteiger partial charge < -0.3 is 15.4 Å². The number of rotatable bonds is 3. The van der Waals surface area contributed by atoms with Gasteiger partial charge in [0.2, 0.25) is 0 Å². The number of anilines is 1. The molecule has 2 unspecified atom stereocenters. The second kappa shape index (κ2) is 5.12. The first-order valence-corrected chi connectivity index (χ1v) is 6.02. The highest BCUT2D eigenvalue weighted by molar-refractivity contribution is 5.57. The number of nitro groups is 1. The summed E-state index contributed by atoms with van der Waals surface area (Å²) in [6.45, 7) is 2.23. The molecule has 5 heteroatoms.